The fourth-order valence-corrected chi connectivity index (χ4v) is 0.946. The summed E-state index contributed by atoms with van der Waals surface area (Å²) in [6.07, 6.45) is 2.72. The van der Waals surface area contributed by atoms with Crippen LogP contribution in [-0.2, 0) is 9.47 Å². The number of aliphatic hydroxyl groups excluding tert-OH is 2. The molecule has 0 radical (unpaired) electrons. The fraction of sp³-hybridized carbons (Fsp3) is 1.00. The summed E-state index contributed by atoms with van der Waals surface area (Å²) in [5.74, 6) is 0. The number of hydrogen-bond donors (Lipinski definition) is 2. The average molecular weight is 206 g/mol. The number of ether oxygens (including phenoxy) is 2. The molecule has 0 bridgehead atoms. The van der Waals surface area contributed by atoms with Gasteiger partial charge in [0.05, 0.1) is 26.4 Å². The fourth-order valence-electron chi connectivity index (χ4n) is 0.946. The molecule has 0 aliphatic heterocycles. The summed E-state index contributed by atoms with van der Waals surface area (Å²) in [5.41, 5.74) is 0. The maximum atomic E-state index is 8.91. The molecule has 4 nitrogen and oxygen atoms in total. The van der Waals surface area contributed by atoms with E-state index < -0.39 is 6.10 Å². The predicted octanol–water partition coefficient (Wildman–Crippen LogP) is 0.563. The van der Waals surface area contributed by atoms with Gasteiger partial charge in [-0.25, -0.2) is 0 Å². The van der Waals surface area contributed by atoms with Crippen LogP contribution in [0.4, 0.5) is 0 Å². The van der Waals surface area contributed by atoms with Crippen molar-refractivity contribution >= 4 is 0 Å². The van der Waals surface area contributed by atoms with Crippen LogP contribution in [0.25, 0.3) is 0 Å². The molecule has 0 heterocycles. The summed E-state index contributed by atoms with van der Waals surface area (Å²) in [6, 6.07) is 0. The minimum atomic E-state index is -0.768. The van der Waals surface area contributed by atoms with Crippen molar-refractivity contribution in [3.63, 3.8) is 0 Å². The first-order valence-electron chi connectivity index (χ1n) is 5.25. The summed E-state index contributed by atoms with van der Waals surface area (Å²) in [6.45, 7) is 3.89. The van der Waals surface area contributed by atoms with Gasteiger partial charge in [0.1, 0.15) is 6.10 Å². The second kappa shape index (κ2) is 10.9. The highest BCUT2D eigenvalue weighted by molar-refractivity contribution is 4.48. The molecular weight excluding hydrogens is 184 g/mol. The number of hydrogen-bond acceptors (Lipinski definition) is 4. The number of rotatable bonds is 10. The Morgan fingerprint density at radius 2 is 1.79 bits per heavy atom. The van der Waals surface area contributed by atoms with Crippen LogP contribution in [0.2, 0.25) is 0 Å². The van der Waals surface area contributed by atoms with E-state index in [1.54, 1.807) is 0 Å². The average Bonchev–Trinajstić information content (AvgIpc) is 2.21. The lowest BCUT2D eigenvalue weighted by atomic mass is 10.3. The predicted molar refractivity (Wildman–Crippen MR) is 54.3 cm³/mol. The van der Waals surface area contributed by atoms with Gasteiger partial charge in [-0.15, -0.1) is 0 Å². The molecule has 0 aromatic rings. The van der Waals surface area contributed by atoms with Crippen LogP contribution in [0, 0.1) is 0 Å². The maximum absolute atomic E-state index is 8.91. The molecule has 1 unspecified atom stereocenters. The highest BCUT2D eigenvalue weighted by Crippen LogP contribution is 1.93. The summed E-state index contributed by atoms with van der Waals surface area (Å²) >= 11 is 0. The van der Waals surface area contributed by atoms with Crippen LogP contribution < -0.4 is 0 Å². The first-order chi connectivity index (χ1) is 6.81. The smallest absolute Gasteiger partial charge is 0.100 e. The summed E-state index contributed by atoms with van der Waals surface area (Å²) in [7, 11) is 0. The third-order valence-electron chi connectivity index (χ3n) is 1.79. The van der Waals surface area contributed by atoms with Crippen molar-refractivity contribution in [1.82, 2.24) is 0 Å². The van der Waals surface area contributed by atoms with Crippen LogP contribution in [0.1, 0.15) is 26.2 Å². The van der Waals surface area contributed by atoms with Gasteiger partial charge in [0.15, 0.2) is 0 Å². The lowest BCUT2D eigenvalue weighted by Gasteiger charge is -2.08. The van der Waals surface area contributed by atoms with E-state index in [-0.39, 0.29) is 13.2 Å². The number of aliphatic hydroxyl groups is 2. The molecule has 2 N–H and O–H groups in total. The Morgan fingerprint density at radius 3 is 2.43 bits per heavy atom. The van der Waals surface area contributed by atoms with Gasteiger partial charge in [0, 0.05) is 6.61 Å². The van der Waals surface area contributed by atoms with Gasteiger partial charge in [-0.2, -0.15) is 0 Å². The van der Waals surface area contributed by atoms with Crippen molar-refractivity contribution in [1.29, 1.82) is 0 Å². The van der Waals surface area contributed by atoms with E-state index in [1.165, 1.54) is 12.8 Å². The minimum Gasteiger partial charge on any atom is -0.394 e. The second-order valence-electron chi connectivity index (χ2n) is 3.23. The molecule has 4 heteroatoms. The minimum absolute atomic E-state index is 0.175. The van der Waals surface area contributed by atoms with Crippen LogP contribution in [0.15, 0.2) is 0 Å². The maximum Gasteiger partial charge on any atom is 0.100 e. The van der Waals surface area contributed by atoms with Crippen molar-refractivity contribution in [3.8, 4) is 0 Å². The molecule has 0 saturated heterocycles. The van der Waals surface area contributed by atoms with Crippen molar-refractivity contribution in [2.75, 3.05) is 33.0 Å². The molecule has 0 fully saturated rings. The van der Waals surface area contributed by atoms with E-state index in [2.05, 4.69) is 6.92 Å². The van der Waals surface area contributed by atoms with E-state index in [0.29, 0.717) is 13.2 Å². The van der Waals surface area contributed by atoms with Crippen LogP contribution >= 0.6 is 0 Å². The molecule has 1 atom stereocenters. The lowest BCUT2D eigenvalue weighted by molar-refractivity contribution is -0.0150. The Bertz CT molecular complexity index is 108. The molecule has 0 aromatic heterocycles. The van der Waals surface area contributed by atoms with Crippen LogP contribution in [0.5, 0.6) is 0 Å². The lowest BCUT2D eigenvalue weighted by Crippen LogP contribution is -2.20. The van der Waals surface area contributed by atoms with Gasteiger partial charge in [-0.3, -0.25) is 0 Å². The summed E-state index contributed by atoms with van der Waals surface area (Å²) < 4.78 is 10.3. The molecule has 14 heavy (non-hydrogen) atoms. The molecule has 0 rings (SSSR count). The van der Waals surface area contributed by atoms with Gasteiger partial charge >= 0.3 is 0 Å². The molecule has 0 spiro atoms. The SMILES string of the molecule is CCCCCOCCOCC(O)CO. The first-order valence-corrected chi connectivity index (χ1v) is 5.25. The van der Waals surface area contributed by atoms with Gasteiger partial charge in [0.2, 0.25) is 0 Å². The largest absolute Gasteiger partial charge is 0.394 e. The van der Waals surface area contributed by atoms with E-state index >= 15 is 0 Å². The van der Waals surface area contributed by atoms with Crippen LogP contribution in [0.3, 0.4) is 0 Å². The Morgan fingerprint density at radius 1 is 1.07 bits per heavy atom. The molecule has 0 aliphatic carbocycles. The second-order valence-corrected chi connectivity index (χ2v) is 3.23. The van der Waals surface area contributed by atoms with Gasteiger partial charge in [0.25, 0.3) is 0 Å². The zero-order valence-electron chi connectivity index (χ0n) is 8.95. The van der Waals surface area contributed by atoms with Gasteiger partial charge in [-0.1, -0.05) is 19.8 Å². The third-order valence-corrected chi connectivity index (χ3v) is 1.79. The quantitative estimate of drug-likeness (QED) is 0.513. The molecule has 86 valence electrons. The molecule has 0 aromatic carbocycles. The zero-order valence-corrected chi connectivity index (χ0v) is 8.95. The highest BCUT2D eigenvalue weighted by atomic mass is 16.5. The Hall–Kier alpha value is -0.160. The molecular formula is C10H22O4. The summed E-state index contributed by atoms with van der Waals surface area (Å²) in [5, 5.41) is 17.4. The van der Waals surface area contributed by atoms with E-state index in [1.807, 2.05) is 0 Å². The Kier molecular flexibility index (Phi) is 10.8. The third kappa shape index (κ3) is 9.92. The molecule has 0 amide bonds. The van der Waals surface area contributed by atoms with Crippen molar-refractivity contribution in [2.45, 2.75) is 32.3 Å². The van der Waals surface area contributed by atoms with Crippen molar-refractivity contribution in [2.24, 2.45) is 0 Å². The standard InChI is InChI=1S/C10H22O4/c1-2-3-4-5-13-6-7-14-9-10(12)8-11/h10-12H,2-9H2,1H3. The summed E-state index contributed by atoms with van der Waals surface area (Å²) in [4.78, 5) is 0. The molecule has 0 aliphatic rings. The molecule has 0 saturated carbocycles. The number of unbranched alkanes of at least 4 members (excludes halogenated alkanes) is 2. The van der Waals surface area contributed by atoms with Gasteiger partial charge < -0.3 is 19.7 Å². The van der Waals surface area contributed by atoms with Gasteiger partial charge in [-0.05, 0) is 6.42 Å². The van der Waals surface area contributed by atoms with Crippen LogP contribution in [-0.4, -0.2) is 49.4 Å². The monoisotopic (exact) mass is 206 g/mol. The zero-order chi connectivity index (χ0) is 10.6. The topological polar surface area (TPSA) is 58.9 Å². The van der Waals surface area contributed by atoms with Crippen molar-refractivity contribution in [3.05, 3.63) is 0 Å². The van der Waals surface area contributed by atoms with E-state index in [0.717, 1.165) is 13.0 Å². The normalized spacial score (nSPS) is 13.1. The first kappa shape index (κ1) is 13.8. The Labute approximate surface area is 85.8 Å². The highest BCUT2D eigenvalue weighted by Gasteiger charge is 2.00. The van der Waals surface area contributed by atoms with Crippen molar-refractivity contribution < 1.29 is 19.7 Å². The van der Waals surface area contributed by atoms with E-state index in [4.69, 9.17) is 19.7 Å². The Balaban J connectivity index is 2.92. The van der Waals surface area contributed by atoms with E-state index in [9.17, 15) is 0 Å².